The number of esters is 2. The van der Waals surface area contributed by atoms with Crippen LogP contribution in [0.25, 0.3) is 0 Å². The predicted molar refractivity (Wildman–Crippen MR) is 144 cm³/mol. The molecule has 0 N–H and O–H groups in total. The second-order valence-corrected chi connectivity index (χ2v) is 9.85. The molecule has 0 aromatic heterocycles. The zero-order chi connectivity index (χ0) is 25.3. The molecule has 0 radical (unpaired) electrons. The van der Waals surface area contributed by atoms with E-state index in [0.29, 0.717) is 0 Å². The molecule has 0 fully saturated rings. The zero-order valence-electron chi connectivity index (χ0n) is 23.1. The number of carbonyl (C=O) groups is 2. The molecule has 2 atom stereocenters. The molecule has 0 aliphatic heterocycles. The first-order chi connectivity index (χ1) is 16.6. The van der Waals surface area contributed by atoms with E-state index < -0.39 is 11.9 Å². The maximum Gasteiger partial charge on any atom is 0.331 e. The molecular formula is C30H56O4. The minimum absolute atomic E-state index is 0.0498. The van der Waals surface area contributed by atoms with Crippen molar-refractivity contribution in [2.45, 2.75) is 168 Å². The van der Waals surface area contributed by atoms with E-state index in [9.17, 15) is 9.59 Å². The molecule has 0 bridgehead atoms. The van der Waals surface area contributed by atoms with Crippen molar-refractivity contribution in [2.75, 3.05) is 0 Å². The highest BCUT2D eigenvalue weighted by Gasteiger charge is 2.15. The van der Waals surface area contributed by atoms with Gasteiger partial charge in [0.1, 0.15) is 12.2 Å². The third kappa shape index (κ3) is 21.2. The Kier molecular flexibility index (Phi) is 23.8. The largest absolute Gasteiger partial charge is 0.459 e. The molecule has 4 heteroatoms. The van der Waals surface area contributed by atoms with Crippen LogP contribution in [0.5, 0.6) is 0 Å². The summed E-state index contributed by atoms with van der Waals surface area (Å²) in [6.07, 6.45) is 24.9. The number of ether oxygens (including phenoxy) is 2. The number of rotatable bonds is 24. The normalized spacial score (nSPS) is 13.2. The Morgan fingerprint density at radius 1 is 0.471 bits per heavy atom. The number of unbranched alkanes of at least 4 members (excludes halogenated alkanes) is 12. The van der Waals surface area contributed by atoms with Gasteiger partial charge in [-0.3, -0.25) is 0 Å². The lowest BCUT2D eigenvalue weighted by Crippen LogP contribution is -2.19. The van der Waals surface area contributed by atoms with Crippen molar-refractivity contribution in [1.29, 1.82) is 0 Å². The third-order valence-electron chi connectivity index (χ3n) is 6.44. The average Bonchev–Trinajstić information content (AvgIpc) is 2.82. The Balaban J connectivity index is 4.57. The summed E-state index contributed by atoms with van der Waals surface area (Å²) in [5.41, 5.74) is 0. The standard InChI is InChI=1S/C30H56O4/c1-5-9-13-15-19-23-27(21-17-11-7-3)33-29(31)25-26-30(32)34-28(22-18-12-8-4)24-20-16-14-10-6-2/h25-28H,5-24H2,1-4H3/b26-25-. The third-order valence-corrected chi connectivity index (χ3v) is 6.44. The summed E-state index contributed by atoms with van der Waals surface area (Å²) < 4.78 is 11.4. The molecule has 4 nitrogen and oxygen atoms in total. The van der Waals surface area contributed by atoms with Crippen molar-refractivity contribution in [3.8, 4) is 0 Å². The van der Waals surface area contributed by atoms with Crippen molar-refractivity contribution in [3.63, 3.8) is 0 Å². The second-order valence-electron chi connectivity index (χ2n) is 9.85. The van der Waals surface area contributed by atoms with Crippen LogP contribution in [0, 0.1) is 0 Å². The van der Waals surface area contributed by atoms with Gasteiger partial charge in [0.25, 0.3) is 0 Å². The molecule has 34 heavy (non-hydrogen) atoms. The van der Waals surface area contributed by atoms with Gasteiger partial charge in [-0.25, -0.2) is 9.59 Å². The Labute approximate surface area is 211 Å². The molecule has 0 aliphatic carbocycles. The molecule has 0 aromatic rings. The summed E-state index contributed by atoms with van der Waals surface area (Å²) in [7, 11) is 0. The minimum Gasteiger partial charge on any atom is -0.459 e. The summed E-state index contributed by atoms with van der Waals surface area (Å²) >= 11 is 0. The molecule has 0 saturated carbocycles. The highest BCUT2D eigenvalue weighted by molar-refractivity contribution is 5.91. The maximum atomic E-state index is 12.4. The van der Waals surface area contributed by atoms with Gasteiger partial charge in [-0.05, 0) is 51.4 Å². The molecule has 0 spiro atoms. The molecule has 0 heterocycles. The Morgan fingerprint density at radius 2 is 0.735 bits per heavy atom. The smallest absolute Gasteiger partial charge is 0.331 e. The highest BCUT2D eigenvalue weighted by atomic mass is 16.5. The van der Waals surface area contributed by atoms with Crippen molar-refractivity contribution in [1.82, 2.24) is 0 Å². The van der Waals surface area contributed by atoms with Crippen molar-refractivity contribution < 1.29 is 19.1 Å². The van der Waals surface area contributed by atoms with Gasteiger partial charge in [0.2, 0.25) is 0 Å². The summed E-state index contributed by atoms with van der Waals surface area (Å²) in [6.45, 7) is 8.79. The molecule has 0 aliphatic rings. The van der Waals surface area contributed by atoms with Crippen LogP contribution in [-0.4, -0.2) is 24.1 Å². The van der Waals surface area contributed by atoms with Crippen LogP contribution in [0.4, 0.5) is 0 Å². The van der Waals surface area contributed by atoms with Crippen molar-refractivity contribution in [2.24, 2.45) is 0 Å². The first-order valence-corrected chi connectivity index (χ1v) is 14.7. The van der Waals surface area contributed by atoms with E-state index in [1.54, 1.807) is 0 Å². The topological polar surface area (TPSA) is 52.6 Å². The van der Waals surface area contributed by atoms with Crippen molar-refractivity contribution >= 4 is 11.9 Å². The average molecular weight is 481 g/mol. The summed E-state index contributed by atoms with van der Waals surface area (Å²) in [4.78, 5) is 24.8. The maximum absolute atomic E-state index is 12.4. The van der Waals surface area contributed by atoms with E-state index in [2.05, 4.69) is 27.7 Å². The van der Waals surface area contributed by atoms with Gasteiger partial charge < -0.3 is 9.47 Å². The first kappa shape index (κ1) is 32.7. The molecule has 200 valence electrons. The van der Waals surface area contributed by atoms with Crippen LogP contribution in [-0.2, 0) is 19.1 Å². The van der Waals surface area contributed by atoms with E-state index in [4.69, 9.17) is 9.47 Å². The van der Waals surface area contributed by atoms with Gasteiger partial charge >= 0.3 is 11.9 Å². The fraction of sp³-hybridized carbons (Fsp3) is 0.867. The van der Waals surface area contributed by atoms with E-state index in [0.717, 1.165) is 77.0 Å². The van der Waals surface area contributed by atoms with Gasteiger partial charge in [-0.2, -0.15) is 0 Å². The van der Waals surface area contributed by atoms with E-state index in [-0.39, 0.29) is 12.2 Å². The summed E-state index contributed by atoms with van der Waals surface area (Å²) in [5, 5.41) is 0. The number of hydrogen-bond acceptors (Lipinski definition) is 4. The Bertz CT molecular complexity index is 456. The molecule has 0 amide bonds. The molecule has 2 unspecified atom stereocenters. The van der Waals surface area contributed by atoms with Crippen molar-refractivity contribution in [3.05, 3.63) is 12.2 Å². The van der Waals surface area contributed by atoms with Gasteiger partial charge in [0.05, 0.1) is 0 Å². The fourth-order valence-corrected chi connectivity index (χ4v) is 4.26. The van der Waals surface area contributed by atoms with Gasteiger partial charge in [-0.1, -0.05) is 105 Å². The van der Waals surface area contributed by atoms with Crippen LogP contribution < -0.4 is 0 Å². The van der Waals surface area contributed by atoms with E-state index >= 15 is 0 Å². The van der Waals surface area contributed by atoms with E-state index in [1.807, 2.05) is 0 Å². The SMILES string of the molecule is CCCCCCCC(CCCCC)OC(=O)/C=C\C(=O)OC(CCCCC)CCCCCCC. The van der Waals surface area contributed by atoms with Gasteiger partial charge in [0, 0.05) is 12.2 Å². The highest BCUT2D eigenvalue weighted by Crippen LogP contribution is 2.17. The van der Waals surface area contributed by atoms with Crippen LogP contribution in [0.3, 0.4) is 0 Å². The van der Waals surface area contributed by atoms with Crippen LogP contribution >= 0.6 is 0 Å². The summed E-state index contributed by atoms with van der Waals surface area (Å²) in [5.74, 6) is -0.844. The van der Waals surface area contributed by atoms with Gasteiger partial charge in [-0.15, -0.1) is 0 Å². The quantitative estimate of drug-likeness (QED) is 0.0784. The lowest BCUT2D eigenvalue weighted by molar-refractivity contribution is -0.146. The molecule has 0 aromatic carbocycles. The molecule has 0 rings (SSSR count). The molecule has 0 saturated heterocycles. The zero-order valence-corrected chi connectivity index (χ0v) is 23.1. The Morgan fingerprint density at radius 3 is 1.06 bits per heavy atom. The lowest BCUT2D eigenvalue weighted by Gasteiger charge is -2.18. The van der Waals surface area contributed by atoms with Gasteiger partial charge in [0.15, 0.2) is 0 Å². The van der Waals surface area contributed by atoms with Crippen LogP contribution in [0.1, 0.15) is 156 Å². The molecular weight excluding hydrogens is 424 g/mol. The predicted octanol–water partition coefficient (Wildman–Crippen LogP) is 9.25. The number of hydrogen-bond donors (Lipinski definition) is 0. The fourth-order valence-electron chi connectivity index (χ4n) is 4.26. The monoisotopic (exact) mass is 480 g/mol. The lowest BCUT2D eigenvalue weighted by atomic mass is 10.0. The Hall–Kier alpha value is -1.32. The first-order valence-electron chi connectivity index (χ1n) is 14.7. The van der Waals surface area contributed by atoms with Crippen LogP contribution in [0.15, 0.2) is 12.2 Å². The summed E-state index contributed by atoms with van der Waals surface area (Å²) in [6, 6.07) is 0. The number of carbonyl (C=O) groups excluding carboxylic acids is 2. The minimum atomic E-state index is -0.422. The second kappa shape index (κ2) is 24.8. The van der Waals surface area contributed by atoms with E-state index in [1.165, 1.54) is 63.5 Å². The van der Waals surface area contributed by atoms with Crippen LogP contribution in [0.2, 0.25) is 0 Å².